The topological polar surface area (TPSA) is 155 Å². The summed E-state index contributed by atoms with van der Waals surface area (Å²) < 4.78 is 147. The number of anilines is 1. The molecule has 0 atom stereocenters. The fraction of sp³-hybridized carbons (Fsp3) is 0.226. The molecular weight excluding hydrogens is 960 g/mol. The van der Waals surface area contributed by atoms with Gasteiger partial charge in [-0.2, -0.15) is 34.6 Å². The van der Waals surface area contributed by atoms with Crippen LogP contribution in [-0.4, -0.2) is 79.1 Å². The van der Waals surface area contributed by atoms with E-state index in [-0.39, 0.29) is 35.5 Å². The van der Waals surface area contributed by atoms with Crippen LogP contribution in [0.4, 0.5) is 24.5 Å². The van der Waals surface area contributed by atoms with Crippen molar-refractivity contribution in [3.63, 3.8) is 0 Å². The van der Waals surface area contributed by atoms with Crippen LogP contribution in [0.1, 0.15) is 55.5 Å². The molecule has 0 aromatic heterocycles. The predicted octanol–water partition coefficient (Wildman–Crippen LogP) is 10.2. The highest BCUT2D eigenvalue weighted by atomic mass is 32.2. The minimum atomic E-state index is -6.18. The van der Waals surface area contributed by atoms with Crippen molar-refractivity contribution in [3.05, 3.63) is 191 Å². The molecule has 0 unspecified atom stereocenters. The summed E-state index contributed by atoms with van der Waals surface area (Å²) in [5, 5.41) is 3.57. The number of halogens is 3. The van der Waals surface area contributed by atoms with Gasteiger partial charge in [0.15, 0.2) is 12.3 Å². The van der Waals surface area contributed by atoms with Gasteiger partial charge in [0, 0.05) is 52.2 Å². The van der Waals surface area contributed by atoms with Gasteiger partial charge < -0.3 is 9.45 Å². The lowest BCUT2D eigenvalue weighted by Crippen LogP contribution is -2.40. The second kappa shape index (κ2) is 17.5. The summed E-state index contributed by atoms with van der Waals surface area (Å²) in [5.41, 5.74) is -2.55. The van der Waals surface area contributed by atoms with E-state index in [4.69, 9.17) is 0 Å². The standard InChI is InChI=1S/C53H48F3N3O8S3/c1-51(2)46(57(30-32-68(60,61)62)44-26-22-36-16-8-10-18-38(36)48(44)51)28-24-42-40-20-12-13-21-41(40)43(50(42)59(70(66,67)53(54,55)56)34-35-14-6-5-7-15-35)25-29-47-52(3,4)49-39-19-11-9-17-37(39)23-27-45(49)58(47)31-33-69(63,64)65/h5-29H,30-34H2,1-4H3,(H-,60,61,62,63,64,65). The van der Waals surface area contributed by atoms with E-state index in [9.17, 15) is 34.4 Å². The molecule has 11 nitrogen and oxygen atoms in total. The van der Waals surface area contributed by atoms with Gasteiger partial charge in [0.1, 0.15) is 5.75 Å². The first-order chi connectivity index (χ1) is 32.9. The maximum Gasteiger partial charge on any atom is 0.516 e. The van der Waals surface area contributed by atoms with Crippen molar-refractivity contribution in [1.82, 2.24) is 4.31 Å². The van der Waals surface area contributed by atoms with Gasteiger partial charge in [0.25, 0.3) is 10.1 Å². The third-order valence-corrected chi connectivity index (χ3v) is 16.3. The average molecular weight is 1010 g/mol. The molecule has 0 spiro atoms. The third kappa shape index (κ3) is 8.67. The lowest BCUT2D eigenvalue weighted by Gasteiger charge is -2.29. The Morgan fingerprint density at radius 1 is 0.686 bits per heavy atom. The normalized spacial score (nSPS) is 17.9. The molecule has 1 aliphatic carbocycles. The minimum Gasteiger partial charge on any atom is -0.748 e. The van der Waals surface area contributed by atoms with E-state index in [1.54, 1.807) is 76.2 Å². The number of fused-ring (bicyclic) bond motifs is 7. The van der Waals surface area contributed by atoms with E-state index in [0.717, 1.165) is 32.7 Å². The van der Waals surface area contributed by atoms with Crippen LogP contribution in [-0.2, 0) is 47.6 Å². The van der Waals surface area contributed by atoms with Gasteiger partial charge in [-0.05, 0) is 81.9 Å². The molecule has 3 aliphatic rings. The second-order valence-corrected chi connectivity index (χ2v) is 23.5. The monoisotopic (exact) mass is 1010 g/mol. The molecule has 6 aromatic rings. The van der Waals surface area contributed by atoms with Gasteiger partial charge in [-0.3, -0.25) is 8.86 Å². The maximum atomic E-state index is 15.2. The largest absolute Gasteiger partial charge is 0.748 e. The van der Waals surface area contributed by atoms with Crippen molar-refractivity contribution >= 4 is 80.0 Å². The Morgan fingerprint density at radius 2 is 1.27 bits per heavy atom. The molecule has 0 saturated heterocycles. The Kier molecular flexibility index (Phi) is 12.2. The highest BCUT2D eigenvalue weighted by Crippen LogP contribution is 2.53. The molecule has 0 radical (unpaired) electrons. The number of benzene rings is 6. The van der Waals surface area contributed by atoms with Gasteiger partial charge >= 0.3 is 15.5 Å². The van der Waals surface area contributed by atoms with E-state index >= 15 is 13.2 Å². The van der Waals surface area contributed by atoms with Crippen LogP contribution in [0, 0.1) is 0 Å². The summed E-state index contributed by atoms with van der Waals surface area (Å²) in [5.74, 6) is -1.40. The van der Waals surface area contributed by atoms with Crippen LogP contribution in [0.5, 0.6) is 0 Å². The van der Waals surface area contributed by atoms with E-state index < -0.39 is 64.6 Å². The Hall–Kier alpha value is -6.37. The number of rotatable bonds is 13. The molecule has 362 valence electrons. The molecule has 0 amide bonds. The number of nitrogens with zero attached hydrogens (tertiary/aromatic N) is 3. The van der Waals surface area contributed by atoms with E-state index in [0.29, 0.717) is 38.2 Å². The number of alkyl halides is 3. The van der Waals surface area contributed by atoms with Crippen LogP contribution in [0.25, 0.3) is 32.7 Å². The van der Waals surface area contributed by atoms with Gasteiger partial charge in [0.2, 0.25) is 5.69 Å². The minimum absolute atomic E-state index is 0.104. The number of allylic oxidation sites excluding steroid dienone is 7. The van der Waals surface area contributed by atoms with E-state index in [1.807, 2.05) is 100 Å². The zero-order valence-corrected chi connectivity index (χ0v) is 40.9. The molecule has 6 aromatic carbocycles. The Bertz CT molecular complexity index is 3660. The summed E-state index contributed by atoms with van der Waals surface area (Å²) in [4.78, 5) is 1.72. The van der Waals surface area contributed by atoms with Crippen LogP contribution >= 0.6 is 0 Å². The summed E-state index contributed by atoms with van der Waals surface area (Å²) in [7, 11) is -15.4. The van der Waals surface area contributed by atoms with Crippen LogP contribution in [0.3, 0.4) is 0 Å². The molecule has 0 saturated carbocycles. The van der Waals surface area contributed by atoms with Crippen molar-refractivity contribution in [1.29, 1.82) is 0 Å². The van der Waals surface area contributed by atoms with Gasteiger partial charge in [-0.25, -0.2) is 8.42 Å². The van der Waals surface area contributed by atoms with Crippen molar-refractivity contribution in [2.75, 3.05) is 29.5 Å². The third-order valence-electron chi connectivity index (χ3n) is 13.5. The highest BCUT2D eigenvalue weighted by molar-refractivity contribution is 7.90. The number of sulfonamides is 1. The van der Waals surface area contributed by atoms with Crippen molar-refractivity contribution in [2.45, 2.75) is 50.6 Å². The Labute approximate surface area is 405 Å². The highest BCUT2D eigenvalue weighted by Gasteiger charge is 2.53. The summed E-state index contributed by atoms with van der Waals surface area (Å²) in [6.07, 6.45) is 6.43. The molecular formula is C53H48F3N3O8S3. The molecule has 1 N–H and O–H groups in total. The SMILES string of the molecule is CC1(C)C(/C=C/C2=C(N(Cc3ccccc3)S(=O)(=O)C(F)(F)F)C(=C/C=C3/N(CCS(=O)(=O)[O-])c4ccc5ccccc5c4C3(C)C)/c3ccccc32)=[N+](CCS(=O)(=O)O)c2ccc3ccccc3c21. The Morgan fingerprint density at radius 3 is 1.90 bits per heavy atom. The zero-order chi connectivity index (χ0) is 50.2. The maximum absolute atomic E-state index is 15.2. The number of hydrogen-bond donors (Lipinski definition) is 1. The summed E-state index contributed by atoms with van der Waals surface area (Å²) in [6, 6.07) is 37.4. The van der Waals surface area contributed by atoms with Crippen LogP contribution in [0.15, 0.2) is 163 Å². The first-order valence-corrected chi connectivity index (χ1v) is 27.0. The molecule has 0 fully saturated rings. The summed E-state index contributed by atoms with van der Waals surface area (Å²) >= 11 is 0. The van der Waals surface area contributed by atoms with Crippen LogP contribution < -0.4 is 4.90 Å². The first kappa shape index (κ1) is 48.6. The molecule has 17 heteroatoms. The zero-order valence-electron chi connectivity index (χ0n) is 38.5. The van der Waals surface area contributed by atoms with Crippen LogP contribution in [0.2, 0.25) is 0 Å². The Balaban J connectivity index is 1.32. The van der Waals surface area contributed by atoms with Crippen molar-refractivity contribution in [3.8, 4) is 0 Å². The molecule has 70 heavy (non-hydrogen) atoms. The van der Waals surface area contributed by atoms with Gasteiger partial charge in [0.05, 0.1) is 33.5 Å². The quantitative estimate of drug-likeness (QED) is 0.0879. The van der Waals surface area contributed by atoms with Gasteiger partial charge in [-0.1, -0.05) is 129 Å². The van der Waals surface area contributed by atoms with E-state index in [2.05, 4.69) is 0 Å². The predicted molar refractivity (Wildman–Crippen MR) is 268 cm³/mol. The van der Waals surface area contributed by atoms with Crippen molar-refractivity contribution < 1.29 is 52.1 Å². The number of hydrogen-bond acceptors (Lipinski definition) is 8. The molecule has 9 rings (SSSR count). The molecule has 2 heterocycles. The smallest absolute Gasteiger partial charge is 0.516 e. The fourth-order valence-electron chi connectivity index (χ4n) is 10.4. The molecule has 2 aliphatic heterocycles. The summed E-state index contributed by atoms with van der Waals surface area (Å²) in [6.45, 7) is 6.56. The van der Waals surface area contributed by atoms with Crippen molar-refractivity contribution in [2.24, 2.45) is 0 Å². The first-order valence-electron chi connectivity index (χ1n) is 22.3. The second-order valence-electron chi connectivity index (χ2n) is 18.6. The lowest BCUT2D eigenvalue weighted by molar-refractivity contribution is -0.432. The van der Waals surface area contributed by atoms with Gasteiger partial charge in [-0.15, -0.1) is 0 Å². The lowest BCUT2D eigenvalue weighted by atomic mass is 9.79. The fourth-order valence-corrected chi connectivity index (χ4v) is 12.2. The van der Waals surface area contributed by atoms with E-state index in [1.165, 1.54) is 12.1 Å². The molecule has 0 bridgehead atoms. The average Bonchev–Trinajstić information content (AvgIpc) is 3.81.